The van der Waals surface area contributed by atoms with Gasteiger partial charge in [-0.25, -0.2) is 0 Å². The first-order valence-electron chi connectivity index (χ1n) is 8.08. The predicted molar refractivity (Wildman–Crippen MR) is 99.1 cm³/mol. The van der Waals surface area contributed by atoms with E-state index in [-0.39, 0.29) is 11.1 Å². The van der Waals surface area contributed by atoms with Crippen LogP contribution in [-0.2, 0) is 9.59 Å². The van der Waals surface area contributed by atoms with Gasteiger partial charge in [0.25, 0.3) is 11.8 Å². The largest absolute Gasteiger partial charge is 0.493 e. The molecule has 0 bridgehead atoms. The molecule has 3 rings (SSSR count). The van der Waals surface area contributed by atoms with E-state index in [4.69, 9.17) is 18.9 Å². The normalized spacial score (nSPS) is 13.5. The van der Waals surface area contributed by atoms with Gasteiger partial charge in [0.1, 0.15) is 0 Å². The zero-order valence-electron chi connectivity index (χ0n) is 15.4. The lowest BCUT2D eigenvalue weighted by atomic mass is 9.95. The van der Waals surface area contributed by atoms with E-state index < -0.39 is 11.8 Å². The number of carbonyl (C=O) groups is 2. The molecule has 140 valence electrons. The summed E-state index contributed by atoms with van der Waals surface area (Å²) in [5, 5.41) is 2.35. The molecule has 1 N–H and O–H groups in total. The second-order valence-corrected chi connectivity index (χ2v) is 5.67. The van der Waals surface area contributed by atoms with E-state index in [1.54, 1.807) is 36.4 Å². The van der Waals surface area contributed by atoms with Gasteiger partial charge in [-0.3, -0.25) is 14.9 Å². The van der Waals surface area contributed by atoms with Crippen LogP contribution in [0.4, 0.5) is 0 Å². The van der Waals surface area contributed by atoms with E-state index in [1.165, 1.54) is 28.4 Å². The monoisotopic (exact) mass is 369 g/mol. The fraction of sp³-hybridized carbons (Fsp3) is 0.200. The number of carbonyl (C=O) groups excluding carboxylic acids is 2. The summed E-state index contributed by atoms with van der Waals surface area (Å²) in [6.45, 7) is 0. The van der Waals surface area contributed by atoms with Crippen LogP contribution >= 0.6 is 0 Å². The highest BCUT2D eigenvalue weighted by atomic mass is 16.5. The zero-order chi connectivity index (χ0) is 19.6. The maximum Gasteiger partial charge on any atom is 0.259 e. The highest BCUT2D eigenvalue weighted by Crippen LogP contribution is 2.38. The second-order valence-electron chi connectivity index (χ2n) is 5.67. The molecule has 7 heteroatoms. The van der Waals surface area contributed by atoms with Crippen molar-refractivity contribution in [3.63, 3.8) is 0 Å². The van der Waals surface area contributed by atoms with Gasteiger partial charge in [0.2, 0.25) is 0 Å². The molecule has 0 saturated carbocycles. The Hall–Kier alpha value is -3.48. The minimum absolute atomic E-state index is 0.258. The number of imide groups is 1. The molecule has 0 radical (unpaired) electrons. The summed E-state index contributed by atoms with van der Waals surface area (Å²) in [5.41, 5.74) is 1.60. The number of benzene rings is 2. The van der Waals surface area contributed by atoms with Crippen molar-refractivity contribution in [1.82, 2.24) is 5.32 Å². The van der Waals surface area contributed by atoms with Crippen molar-refractivity contribution in [3.05, 3.63) is 47.5 Å². The molecule has 1 aliphatic heterocycles. The fourth-order valence-corrected chi connectivity index (χ4v) is 2.99. The molecule has 2 aromatic rings. The van der Waals surface area contributed by atoms with Crippen LogP contribution in [0.15, 0.2) is 36.4 Å². The van der Waals surface area contributed by atoms with E-state index in [0.717, 1.165) is 0 Å². The van der Waals surface area contributed by atoms with E-state index in [9.17, 15) is 9.59 Å². The fourth-order valence-electron chi connectivity index (χ4n) is 2.99. The SMILES string of the molecule is COc1ccc(C2=C(c3ccc(OC)c(OC)c3)C(=O)NC2=O)cc1OC. The van der Waals surface area contributed by atoms with Crippen molar-refractivity contribution in [1.29, 1.82) is 0 Å². The third-order valence-electron chi connectivity index (χ3n) is 4.28. The summed E-state index contributed by atoms with van der Waals surface area (Å²) < 4.78 is 21.1. The highest BCUT2D eigenvalue weighted by Gasteiger charge is 2.33. The molecule has 7 nitrogen and oxygen atoms in total. The number of ether oxygens (including phenoxy) is 4. The summed E-state index contributed by atoms with van der Waals surface area (Å²) in [5.74, 6) is 1.02. The maximum absolute atomic E-state index is 12.5. The first kappa shape index (κ1) is 18.3. The minimum Gasteiger partial charge on any atom is -0.493 e. The van der Waals surface area contributed by atoms with Gasteiger partial charge in [0, 0.05) is 0 Å². The Morgan fingerprint density at radius 3 is 1.30 bits per heavy atom. The molecule has 0 spiro atoms. The number of amides is 2. The Balaban J connectivity index is 2.20. The quantitative estimate of drug-likeness (QED) is 0.787. The zero-order valence-corrected chi connectivity index (χ0v) is 15.4. The number of rotatable bonds is 6. The van der Waals surface area contributed by atoms with Crippen molar-refractivity contribution in [2.45, 2.75) is 0 Å². The van der Waals surface area contributed by atoms with Gasteiger partial charge in [-0.1, -0.05) is 12.1 Å². The van der Waals surface area contributed by atoms with Gasteiger partial charge in [0.15, 0.2) is 23.0 Å². The number of methoxy groups -OCH3 is 4. The average Bonchev–Trinajstić information content (AvgIpc) is 3.00. The molecule has 1 aliphatic rings. The van der Waals surface area contributed by atoms with E-state index >= 15 is 0 Å². The smallest absolute Gasteiger partial charge is 0.259 e. The summed E-state index contributed by atoms with van der Waals surface area (Å²) >= 11 is 0. The van der Waals surface area contributed by atoms with E-state index in [1.807, 2.05) is 0 Å². The standard InChI is InChI=1S/C20H19NO6/c1-24-13-7-5-11(9-15(13)26-3)17-18(20(23)21-19(17)22)12-6-8-14(25-2)16(10-12)27-4/h5-10H,1-4H3,(H,21,22,23). The molecule has 0 fully saturated rings. The molecule has 0 atom stereocenters. The molecule has 27 heavy (non-hydrogen) atoms. The minimum atomic E-state index is -0.475. The van der Waals surface area contributed by atoms with Crippen molar-refractivity contribution in [2.24, 2.45) is 0 Å². The Morgan fingerprint density at radius 2 is 0.963 bits per heavy atom. The Morgan fingerprint density at radius 1 is 0.593 bits per heavy atom. The lowest BCUT2D eigenvalue weighted by Crippen LogP contribution is -2.22. The molecular formula is C20H19NO6. The van der Waals surface area contributed by atoms with Crippen LogP contribution in [0.2, 0.25) is 0 Å². The predicted octanol–water partition coefficient (Wildman–Crippen LogP) is 2.29. The van der Waals surface area contributed by atoms with Crippen molar-refractivity contribution in [3.8, 4) is 23.0 Å². The van der Waals surface area contributed by atoms with Gasteiger partial charge >= 0.3 is 0 Å². The molecule has 0 saturated heterocycles. The maximum atomic E-state index is 12.5. The van der Waals surface area contributed by atoms with Gasteiger partial charge in [-0.2, -0.15) is 0 Å². The number of hydrogen-bond donors (Lipinski definition) is 1. The molecular weight excluding hydrogens is 350 g/mol. The van der Waals surface area contributed by atoms with Crippen molar-refractivity contribution in [2.75, 3.05) is 28.4 Å². The summed E-state index contributed by atoms with van der Waals surface area (Å²) in [6, 6.07) is 10.1. The van der Waals surface area contributed by atoms with E-state index in [0.29, 0.717) is 34.1 Å². The van der Waals surface area contributed by atoms with Gasteiger partial charge < -0.3 is 18.9 Å². The van der Waals surface area contributed by atoms with Crippen molar-refractivity contribution >= 4 is 23.0 Å². The Kier molecular flexibility index (Phi) is 5.03. The topological polar surface area (TPSA) is 83.1 Å². The van der Waals surface area contributed by atoms with Crippen LogP contribution in [0.5, 0.6) is 23.0 Å². The first-order chi connectivity index (χ1) is 13.0. The summed E-state index contributed by atoms with van der Waals surface area (Å²) in [6.07, 6.45) is 0. The molecule has 2 amide bonds. The summed E-state index contributed by atoms with van der Waals surface area (Å²) in [7, 11) is 6.06. The second kappa shape index (κ2) is 7.41. The third kappa shape index (κ3) is 3.19. The van der Waals surface area contributed by atoms with Crippen molar-refractivity contribution < 1.29 is 28.5 Å². The van der Waals surface area contributed by atoms with Crippen LogP contribution in [-0.4, -0.2) is 40.3 Å². The molecule has 0 aliphatic carbocycles. The Bertz CT molecular complexity index is 872. The number of nitrogens with one attached hydrogen (secondary N) is 1. The van der Waals surface area contributed by atoms with Gasteiger partial charge in [0.05, 0.1) is 39.6 Å². The third-order valence-corrected chi connectivity index (χ3v) is 4.28. The molecule has 1 heterocycles. The lowest BCUT2D eigenvalue weighted by molar-refractivity contribution is -0.122. The summed E-state index contributed by atoms with van der Waals surface area (Å²) in [4.78, 5) is 25.0. The van der Waals surface area contributed by atoms with Crippen LogP contribution < -0.4 is 24.3 Å². The highest BCUT2D eigenvalue weighted by molar-refractivity contribution is 6.49. The molecule has 2 aromatic carbocycles. The van der Waals surface area contributed by atoms with Crippen LogP contribution in [0.1, 0.15) is 11.1 Å². The Labute approximate surface area is 156 Å². The first-order valence-corrected chi connectivity index (χ1v) is 8.08. The van der Waals surface area contributed by atoms with Gasteiger partial charge in [-0.05, 0) is 35.4 Å². The van der Waals surface area contributed by atoms with Gasteiger partial charge in [-0.15, -0.1) is 0 Å². The van der Waals surface area contributed by atoms with Crippen LogP contribution in [0.3, 0.4) is 0 Å². The van der Waals surface area contributed by atoms with Crippen LogP contribution in [0, 0.1) is 0 Å². The molecule has 0 aromatic heterocycles. The lowest BCUT2D eigenvalue weighted by Gasteiger charge is -2.12. The molecule has 0 unspecified atom stereocenters. The average molecular weight is 369 g/mol. The number of hydrogen-bond acceptors (Lipinski definition) is 6. The van der Waals surface area contributed by atoms with E-state index in [2.05, 4.69) is 5.32 Å². The van der Waals surface area contributed by atoms with Crippen LogP contribution in [0.25, 0.3) is 11.1 Å².